The van der Waals surface area contributed by atoms with E-state index >= 15 is 0 Å². The van der Waals surface area contributed by atoms with Crippen LogP contribution in [-0.4, -0.2) is 0 Å². The van der Waals surface area contributed by atoms with Crippen LogP contribution in [0.2, 0.25) is 0 Å². The smallest absolute Gasteiger partial charge is 0.0387 e. The predicted molar refractivity (Wildman–Crippen MR) is 194 cm³/mol. The molecule has 4 aromatic carbocycles. The van der Waals surface area contributed by atoms with Crippen molar-refractivity contribution in [2.45, 2.75) is 39.5 Å². The van der Waals surface area contributed by atoms with Gasteiger partial charge in [0.2, 0.25) is 0 Å². The lowest BCUT2D eigenvalue weighted by Gasteiger charge is -2.15. The molecular formula is C40H44N4. The highest BCUT2D eigenvalue weighted by molar-refractivity contribution is 5.76. The molecule has 4 heteroatoms. The van der Waals surface area contributed by atoms with Crippen LogP contribution in [0.4, 0.5) is 22.7 Å². The number of benzene rings is 4. The fourth-order valence-corrected chi connectivity index (χ4v) is 4.70. The number of anilines is 4. The van der Waals surface area contributed by atoms with E-state index in [0.29, 0.717) is 6.42 Å². The van der Waals surface area contributed by atoms with Crippen LogP contribution >= 0.6 is 0 Å². The Morgan fingerprint density at radius 2 is 1.00 bits per heavy atom. The van der Waals surface area contributed by atoms with Crippen molar-refractivity contribution in [3.8, 4) is 0 Å². The molecule has 0 amide bonds. The van der Waals surface area contributed by atoms with Crippen LogP contribution < -0.4 is 21.3 Å². The molecule has 4 rings (SSSR count). The molecule has 224 valence electrons. The third-order valence-corrected chi connectivity index (χ3v) is 7.33. The second-order valence-corrected chi connectivity index (χ2v) is 11.0. The lowest BCUT2D eigenvalue weighted by atomic mass is 9.99. The van der Waals surface area contributed by atoms with Gasteiger partial charge >= 0.3 is 0 Å². The maximum absolute atomic E-state index is 4.37. The highest BCUT2D eigenvalue weighted by Gasteiger charge is 2.07. The lowest BCUT2D eigenvalue weighted by Crippen LogP contribution is -2.03. The molecule has 0 radical (unpaired) electrons. The Kier molecular flexibility index (Phi) is 11.0. The van der Waals surface area contributed by atoms with E-state index in [1.807, 2.05) is 24.3 Å². The van der Waals surface area contributed by atoms with Crippen molar-refractivity contribution in [3.63, 3.8) is 0 Å². The molecule has 0 unspecified atom stereocenters. The topological polar surface area (TPSA) is 48.1 Å². The number of rotatable bonds is 16. The molecule has 4 aromatic rings. The van der Waals surface area contributed by atoms with Gasteiger partial charge in [0.15, 0.2) is 0 Å². The number of hydrogen-bond donors (Lipinski definition) is 4. The minimum absolute atomic E-state index is 0.693. The van der Waals surface area contributed by atoms with Crippen molar-refractivity contribution in [1.29, 1.82) is 0 Å². The SMILES string of the molecule is C=C(CC)Nc1ccc(CC(=C)c2cccc(NC(=C)Cc3cccc(C(=C)Nc4ccc(NC(=C)CC)cc4)c3)c2)cc1. The van der Waals surface area contributed by atoms with Crippen LogP contribution in [0.3, 0.4) is 0 Å². The van der Waals surface area contributed by atoms with Gasteiger partial charge in [-0.3, -0.25) is 0 Å². The van der Waals surface area contributed by atoms with Crippen LogP contribution in [0.25, 0.3) is 11.3 Å². The second kappa shape index (κ2) is 15.3. The molecule has 0 aliphatic heterocycles. The van der Waals surface area contributed by atoms with Gasteiger partial charge in [0.05, 0.1) is 0 Å². The molecule has 0 fully saturated rings. The summed E-state index contributed by atoms with van der Waals surface area (Å²) in [6.45, 7) is 25.1. The van der Waals surface area contributed by atoms with Gasteiger partial charge in [-0.05, 0) is 102 Å². The molecule has 0 heterocycles. The first-order valence-corrected chi connectivity index (χ1v) is 15.1. The van der Waals surface area contributed by atoms with E-state index in [2.05, 4.69) is 141 Å². The average Bonchev–Trinajstić information content (AvgIpc) is 3.03. The van der Waals surface area contributed by atoms with Crippen LogP contribution in [0.15, 0.2) is 147 Å². The highest BCUT2D eigenvalue weighted by Crippen LogP contribution is 2.25. The third-order valence-electron chi connectivity index (χ3n) is 7.33. The second-order valence-electron chi connectivity index (χ2n) is 11.0. The van der Waals surface area contributed by atoms with Crippen molar-refractivity contribution >= 4 is 34.0 Å². The van der Waals surface area contributed by atoms with Crippen molar-refractivity contribution < 1.29 is 0 Å². The summed E-state index contributed by atoms with van der Waals surface area (Å²) in [6, 6.07) is 33.3. The van der Waals surface area contributed by atoms with Crippen LogP contribution in [-0.2, 0) is 12.8 Å². The number of nitrogens with one attached hydrogen (secondary N) is 4. The summed E-state index contributed by atoms with van der Waals surface area (Å²) in [6.07, 6.45) is 3.26. The van der Waals surface area contributed by atoms with Crippen molar-refractivity contribution in [2.75, 3.05) is 21.3 Å². The van der Waals surface area contributed by atoms with Gasteiger partial charge in [0, 0.05) is 52.0 Å². The first-order chi connectivity index (χ1) is 21.2. The molecule has 0 bridgehead atoms. The van der Waals surface area contributed by atoms with E-state index in [9.17, 15) is 0 Å². The number of allylic oxidation sites excluding steroid dienone is 4. The first-order valence-electron chi connectivity index (χ1n) is 15.1. The Morgan fingerprint density at radius 1 is 0.477 bits per heavy atom. The molecule has 0 aliphatic carbocycles. The largest absolute Gasteiger partial charge is 0.359 e. The van der Waals surface area contributed by atoms with Gasteiger partial charge in [-0.25, -0.2) is 0 Å². The van der Waals surface area contributed by atoms with Gasteiger partial charge < -0.3 is 21.3 Å². The molecule has 0 aromatic heterocycles. The molecule has 4 nitrogen and oxygen atoms in total. The van der Waals surface area contributed by atoms with E-state index in [0.717, 1.165) is 87.1 Å². The predicted octanol–water partition coefficient (Wildman–Crippen LogP) is 10.9. The maximum atomic E-state index is 4.37. The molecule has 44 heavy (non-hydrogen) atoms. The van der Waals surface area contributed by atoms with E-state index in [1.165, 1.54) is 5.56 Å². The molecule has 0 spiro atoms. The minimum Gasteiger partial charge on any atom is -0.359 e. The summed E-state index contributed by atoms with van der Waals surface area (Å²) in [5.74, 6) is 0. The Bertz CT molecular complexity index is 1520. The zero-order valence-corrected chi connectivity index (χ0v) is 26.1. The molecule has 0 aliphatic rings. The standard InChI is InChI=1S/C40H44N4/c1-8-29(4)41-37-18-16-33(17-19-37)24-28(3)35-13-11-15-40(27-35)43-31(6)25-34-12-10-14-36(26-34)32(7)44-39-22-20-38(21-23-39)42-30(5)9-2/h10-23,26-27,41-44H,3-9,24-25H2,1-2H3. The van der Waals surface area contributed by atoms with Gasteiger partial charge in [-0.2, -0.15) is 0 Å². The summed E-state index contributed by atoms with van der Waals surface area (Å²) in [7, 11) is 0. The summed E-state index contributed by atoms with van der Waals surface area (Å²) in [5.41, 5.74) is 13.4. The lowest BCUT2D eigenvalue weighted by molar-refractivity contribution is 1.11. The third kappa shape index (κ3) is 9.40. The van der Waals surface area contributed by atoms with Crippen molar-refractivity contribution in [1.82, 2.24) is 0 Å². The Balaban J connectivity index is 1.32. The first kappa shape index (κ1) is 31.7. The van der Waals surface area contributed by atoms with Crippen LogP contribution in [0.1, 0.15) is 48.9 Å². The van der Waals surface area contributed by atoms with E-state index < -0.39 is 0 Å². The Morgan fingerprint density at radius 3 is 1.61 bits per heavy atom. The summed E-state index contributed by atoms with van der Waals surface area (Å²) >= 11 is 0. The molecule has 0 atom stereocenters. The van der Waals surface area contributed by atoms with E-state index in [4.69, 9.17) is 0 Å². The molecule has 0 saturated carbocycles. The van der Waals surface area contributed by atoms with Gasteiger partial charge in [0.25, 0.3) is 0 Å². The van der Waals surface area contributed by atoms with E-state index in [-0.39, 0.29) is 0 Å². The summed E-state index contributed by atoms with van der Waals surface area (Å²) in [5, 5.41) is 13.5. The van der Waals surface area contributed by atoms with Crippen molar-refractivity contribution in [2.24, 2.45) is 0 Å². The molecular weight excluding hydrogens is 536 g/mol. The minimum atomic E-state index is 0.693. The van der Waals surface area contributed by atoms with Crippen LogP contribution in [0.5, 0.6) is 0 Å². The Hall–Kier alpha value is -5.22. The highest BCUT2D eigenvalue weighted by atomic mass is 14.9. The van der Waals surface area contributed by atoms with Crippen molar-refractivity contribution in [3.05, 3.63) is 169 Å². The summed E-state index contributed by atoms with van der Waals surface area (Å²) < 4.78 is 0. The zero-order valence-electron chi connectivity index (χ0n) is 26.1. The maximum Gasteiger partial charge on any atom is 0.0387 e. The Labute approximate surface area is 263 Å². The van der Waals surface area contributed by atoms with E-state index in [1.54, 1.807) is 0 Å². The fourth-order valence-electron chi connectivity index (χ4n) is 4.70. The molecule has 4 N–H and O–H groups in total. The molecule has 0 saturated heterocycles. The number of hydrogen-bond acceptors (Lipinski definition) is 4. The fraction of sp³-hybridized carbons (Fsp3) is 0.150. The van der Waals surface area contributed by atoms with Gasteiger partial charge in [-0.1, -0.05) is 89.2 Å². The summed E-state index contributed by atoms with van der Waals surface area (Å²) in [4.78, 5) is 0. The normalized spacial score (nSPS) is 10.4. The van der Waals surface area contributed by atoms with Gasteiger partial charge in [0.1, 0.15) is 0 Å². The zero-order chi connectivity index (χ0) is 31.5. The van der Waals surface area contributed by atoms with Crippen LogP contribution in [0, 0.1) is 0 Å². The quantitative estimate of drug-likeness (QED) is 0.106. The van der Waals surface area contributed by atoms with Gasteiger partial charge in [-0.15, -0.1) is 0 Å². The average molecular weight is 581 g/mol. The monoisotopic (exact) mass is 580 g/mol.